The van der Waals surface area contributed by atoms with Gasteiger partial charge in [0, 0.05) is 12.6 Å². The van der Waals surface area contributed by atoms with Gasteiger partial charge in [-0.15, -0.1) is 0 Å². The van der Waals surface area contributed by atoms with Gasteiger partial charge in [0.25, 0.3) is 5.56 Å². The maximum Gasteiger partial charge on any atom is 0.272 e. The fourth-order valence-corrected chi connectivity index (χ4v) is 2.40. The third kappa shape index (κ3) is 2.84. The van der Waals surface area contributed by atoms with E-state index < -0.39 is 0 Å². The molecule has 0 aliphatic rings. The highest BCUT2D eigenvalue weighted by molar-refractivity contribution is 5.74. The van der Waals surface area contributed by atoms with Crippen molar-refractivity contribution in [2.45, 2.75) is 39.3 Å². The highest BCUT2D eigenvalue weighted by atomic mass is 16.1. The lowest BCUT2D eigenvalue weighted by molar-refractivity contribution is 0.448. The van der Waals surface area contributed by atoms with Crippen LogP contribution in [0.4, 0.5) is 0 Å². The molecule has 19 heavy (non-hydrogen) atoms. The van der Waals surface area contributed by atoms with Gasteiger partial charge in [0.15, 0.2) is 0 Å². The van der Waals surface area contributed by atoms with Crippen molar-refractivity contribution in [1.29, 1.82) is 0 Å². The van der Waals surface area contributed by atoms with Crippen molar-refractivity contribution in [3.63, 3.8) is 0 Å². The standard InChI is InChI=1S/C15H21N3O/c1-4-7-12(16-3)10-18-14-9-6-5-8-13(14)17-11(2)15(18)19/h5-6,8-9,12,16H,4,7,10H2,1-3H3. The fraction of sp³-hybridized carbons (Fsp3) is 0.467. The minimum Gasteiger partial charge on any atom is -0.315 e. The Labute approximate surface area is 113 Å². The van der Waals surface area contributed by atoms with E-state index in [2.05, 4.69) is 17.2 Å². The molecule has 4 nitrogen and oxygen atoms in total. The van der Waals surface area contributed by atoms with Crippen LogP contribution >= 0.6 is 0 Å². The number of hydrogen-bond donors (Lipinski definition) is 1. The van der Waals surface area contributed by atoms with E-state index in [1.807, 2.05) is 35.9 Å². The molecule has 0 saturated carbocycles. The second-order valence-electron chi connectivity index (χ2n) is 4.88. The summed E-state index contributed by atoms with van der Waals surface area (Å²) in [5.74, 6) is 0. The SMILES string of the molecule is CCCC(Cn1c(=O)c(C)nc2ccccc21)NC. The van der Waals surface area contributed by atoms with E-state index in [4.69, 9.17) is 0 Å². The molecule has 1 aromatic heterocycles. The van der Waals surface area contributed by atoms with E-state index in [9.17, 15) is 4.79 Å². The number of aryl methyl sites for hydroxylation is 1. The van der Waals surface area contributed by atoms with Gasteiger partial charge in [0.2, 0.25) is 0 Å². The van der Waals surface area contributed by atoms with Gasteiger partial charge >= 0.3 is 0 Å². The van der Waals surface area contributed by atoms with Crippen molar-refractivity contribution < 1.29 is 0 Å². The molecule has 0 aliphatic heterocycles. The number of rotatable bonds is 5. The Hall–Kier alpha value is -1.68. The average molecular weight is 259 g/mol. The Balaban J connectivity index is 2.51. The Morgan fingerprint density at radius 1 is 1.37 bits per heavy atom. The molecule has 1 unspecified atom stereocenters. The van der Waals surface area contributed by atoms with Crippen LogP contribution < -0.4 is 10.9 Å². The predicted molar refractivity (Wildman–Crippen MR) is 78.5 cm³/mol. The second-order valence-corrected chi connectivity index (χ2v) is 4.88. The molecule has 4 heteroatoms. The smallest absolute Gasteiger partial charge is 0.272 e. The van der Waals surface area contributed by atoms with Crippen LogP contribution in [-0.2, 0) is 6.54 Å². The molecule has 0 amide bonds. The van der Waals surface area contributed by atoms with Crippen LogP contribution in [0.1, 0.15) is 25.5 Å². The summed E-state index contributed by atoms with van der Waals surface area (Å²) in [4.78, 5) is 16.7. The van der Waals surface area contributed by atoms with Crippen LogP contribution in [0.3, 0.4) is 0 Å². The summed E-state index contributed by atoms with van der Waals surface area (Å²) < 4.78 is 1.84. The Kier molecular flexibility index (Phi) is 4.32. The molecule has 1 N–H and O–H groups in total. The van der Waals surface area contributed by atoms with Crippen molar-refractivity contribution in [3.05, 3.63) is 40.3 Å². The van der Waals surface area contributed by atoms with E-state index in [1.54, 1.807) is 6.92 Å². The highest BCUT2D eigenvalue weighted by Gasteiger charge is 2.12. The van der Waals surface area contributed by atoms with Gasteiger partial charge in [0.1, 0.15) is 5.69 Å². The topological polar surface area (TPSA) is 46.9 Å². The first-order chi connectivity index (χ1) is 9.17. The van der Waals surface area contributed by atoms with Gasteiger partial charge in [0.05, 0.1) is 11.0 Å². The van der Waals surface area contributed by atoms with Crippen molar-refractivity contribution in [3.8, 4) is 0 Å². The quantitative estimate of drug-likeness (QED) is 0.894. The molecular formula is C15H21N3O. The minimum absolute atomic E-state index is 0.00931. The molecule has 0 saturated heterocycles. The molecule has 0 spiro atoms. The second kappa shape index (κ2) is 5.97. The van der Waals surface area contributed by atoms with Crippen LogP contribution in [0.2, 0.25) is 0 Å². The third-order valence-corrected chi connectivity index (χ3v) is 3.46. The largest absolute Gasteiger partial charge is 0.315 e. The first kappa shape index (κ1) is 13.7. The fourth-order valence-electron chi connectivity index (χ4n) is 2.40. The predicted octanol–water partition coefficient (Wildman–Crippen LogP) is 2.09. The summed E-state index contributed by atoms with van der Waals surface area (Å²) in [5.41, 5.74) is 2.36. The summed E-state index contributed by atoms with van der Waals surface area (Å²) >= 11 is 0. The third-order valence-electron chi connectivity index (χ3n) is 3.46. The number of nitrogens with zero attached hydrogens (tertiary/aromatic N) is 2. The Morgan fingerprint density at radius 3 is 2.79 bits per heavy atom. The number of para-hydroxylation sites is 2. The highest BCUT2D eigenvalue weighted by Crippen LogP contribution is 2.11. The zero-order valence-corrected chi connectivity index (χ0v) is 11.8. The van der Waals surface area contributed by atoms with E-state index in [0.717, 1.165) is 23.9 Å². The first-order valence-corrected chi connectivity index (χ1v) is 6.80. The summed E-state index contributed by atoms with van der Waals surface area (Å²) in [6.07, 6.45) is 2.15. The van der Waals surface area contributed by atoms with E-state index in [-0.39, 0.29) is 5.56 Å². The molecule has 102 valence electrons. The van der Waals surface area contributed by atoms with Gasteiger partial charge in [-0.25, -0.2) is 4.98 Å². The normalized spacial score (nSPS) is 12.8. The molecule has 0 radical (unpaired) electrons. The number of likely N-dealkylation sites (N-methyl/N-ethyl adjacent to an activating group) is 1. The van der Waals surface area contributed by atoms with E-state index in [1.165, 1.54) is 0 Å². The molecule has 1 aromatic carbocycles. The Bertz CT molecular complexity index is 618. The van der Waals surface area contributed by atoms with Crippen LogP contribution in [-0.4, -0.2) is 22.6 Å². The molecule has 0 aliphatic carbocycles. The summed E-state index contributed by atoms with van der Waals surface area (Å²) in [6.45, 7) is 4.62. The summed E-state index contributed by atoms with van der Waals surface area (Å²) in [6, 6.07) is 8.12. The van der Waals surface area contributed by atoms with Crippen molar-refractivity contribution >= 4 is 11.0 Å². The van der Waals surface area contributed by atoms with Crippen molar-refractivity contribution in [2.24, 2.45) is 0 Å². The van der Waals surface area contributed by atoms with Gasteiger partial charge < -0.3 is 9.88 Å². The molecule has 1 heterocycles. The summed E-state index contributed by atoms with van der Waals surface area (Å²) in [5, 5.41) is 3.28. The van der Waals surface area contributed by atoms with E-state index >= 15 is 0 Å². The maximum atomic E-state index is 12.3. The van der Waals surface area contributed by atoms with Crippen LogP contribution in [0, 0.1) is 6.92 Å². The maximum absolute atomic E-state index is 12.3. The molecular weight excluding hydrogens is 238 g/mol. The molecule has 0 fully saturated rings. The first-order valence-electron chi connectivity index (χ1n) is 6.80. The van der Waals surface area contributed by atoms with E-state index in [0.29, 0.717) is 18.3 Å². The van der Waals surface area contributed by atoms with Gasteiger partial charge in [-0.05, 0) is 32.5 Å². The number of hydrogen-bond acceptors (Lipinski definition) is 3. The lowest BCUT2D eigenvalue weighted by Crippen LogP contribution is -2.35. The number of benzene rings is 1. The minimum atomic E-state index is 0.00931. The monoisotopic (exact) mass is 259 g/mol. The number of fused-ring (bicyclic) bond motifs is 1. The average Bonchev–Trinajstić information content (AvgIpc) is 2.42. The van der Waals surface area contributed by atoms with Crippen LogP contribution in [0.25, 0.3) is 11.0 Å². The van der Waals surface area contributed by atoms with Gasteiger partial charge in [-0.3, -0.25) is 4.79 Å². The molecule has 2 rings (SSSR count). The zero-order chi connectivity index (χ0) is 13.8. The van der Waals surface area contributed by atoms with Gasteiger partial charge in [-0.1, -0.05) is 25.5 Å². The van der Waals surface area contributed by atoms with Crippen LogP contribution in [0.5, 0.6) is 0 Å². The van der Waals surface area contributed by atoms with Crippen molar-refractivity contribution in [2.75, 3.05) is 7.05 Å². The number of aromatic nitrogens is 2. The lowest BCUT2D eigenvalue weighted by atomic mass is 10.1. The van der Waals surface area contributed by atoms with Crippen molar-refractivity contribution in [1.82, 2.24) is 14.9 Å². The number of nitrogens with one attached hydrogen (secondary N) is 1. The lowest BCUT2D eigenvalue weighted by Gasteiger charge is -2.18. The van der Waals surface area contributed by atoms with Gasteiger partial charge in [-0.2, -0.15) is 0 Å². The molecule has 2 aromatic rings. The molecule has 0 bridgehead atoms. The Morgan fingerprint density at radius 2 is 2.11 bits per heavy atom. The van der Waals surface area contributed by atoms with Crippen LogP contribution in [0.15, 0.2) is 29.1 Å². The zero-order valence-electron chi connectivity index (χ0n) is 11.8. The summed E-state index contributed by atoms with van der Waals surface area (Å²) in [7, 11) is 1.95. The molecule has 1 atom stereocenters.